The fourth-order valence-electron chi connectivity index (χ4n) is 3.30. The van der Waals surface area contributed by atoms with Crippen LogP contribution in [0.15, 0.2) is 36.9 Å². The summed E-state index contributed by atoms with van der Waals surface area (Å²) in [7, 11) is 0. The number of aromatic nitrogens is 4. The maximum Gasteiger partial charge on any atom is 0.319 e. The van der Waals surface area contributed by atoms with Crippen LogP contribution in [0.25, 0.3) is 11.2 Å². The quantitative estimate of drug-likeness (QED) is 0.318. The summed E-state index contributed by atoms with van der Waals surface area (Å²) in [5.41, 5.74) is 7.06. The Balaban J connectivity index is 1.24. The van der Waals surface area contributed by atoms with Gasteiger partial charge in [0.15, 0.2) is 17.7 Å². The number of carbonyl (C=O) groups is 1. The number of hydrogen-bond donors (Lipinski definition) is 5. The van der Waals surface area contributed by atoms with E-state index < -0.39 is 30.6 Å². The molecule has 0 bridgehead atoms. The highest BCUT2D eigenvalue weighted by Crippen LogP contribution is 2.33. The van der Waals surface area contributed by atoms with Gasteiger partial charge in [0.25, 0.3) is 0 Å². The molecule has 11 nitrogen and oxygen atoms in total. The molecule has 3 heterocycles. The third kappa shape index (κ3) is 4.75. The number of amides is 2. The molecular formula is C19H22FN7O4S. The van der Waals surface area contributed by atoms with E-state index in [0.29, 0.717) is 34.9 Å². The number of aliphatic hydroxyl groups excluding tert-OH is 2. The number of thioether (sulfide) groups is 1. The highest BCUT2D eigenvalue weighted by atomic mass is 32.2. The third-order valence-electron chi connectivity index (χ3n) is 4.91. The summed E-state index contributed by atoms with van der Waals surface area (Å²) in [6, 6.07) is 5.05. The van der Waals surface area contributed by atoms with E-state index in [1.54, 1.807) is 0 Å². The fourth-order valence-corrected chi connectivity index (χ4v) is 4.22. The molecule has 1 aliphatic rings. The normalized spacial score (nSPS) is 22.8. The first-order valence-electron chi connectivity index (χ1n) is 9.77. The molecule has 3 aromatic rings. The maximum atomic E-state index is 12.9. The average Bonchev–Trinajstić information content (AvgIpc) is 3.32. The summed E-state index contributed by atoms with van der Waals surface area (Å²) in [4.78, 5) is 24.0. The predicted octanol–water partition coefficient (Wildman–Crippen LogP) is 0.722. The van der Waals surface area contributed by atoms with Gasteiger partial charge in [-0.15, -0.1) is 0 Å². The van der Waals surface area contributed by atoms with Crippen LogP contribution in [0.5, 0.6) is 0 Å². The number of fused-ring (bicyclic) bond motifs is 1. The number of aliphatic hydroxyl groups is 2. The number of nitrogens with two attached hydrogens (primary N) is 1. The molecule has 4 rings (SSSR count). The number of imidazole rings is 1. The van der Waals surface area contributed by atoms with Crippen molar-refractivity contribution in [2.45, 2.75) is 24.5 Å². The van der Waals surface area contributed by atoms with Crippen LogP contribution in [0.4, 0.5) is 20.7 Å². The van der Waals surface area contributed by atoms with Gasteiger partial charge in [0.05, 0.1) is 12.4 Å². The van der Waals surface area contributed by atoms with Crippen molar-refractivity contribution in [1.29, 1.82) is 0 Å². The van der Waals surface area contributed by atoms with Gasteiger partial charge in [0, 0.05) is 23.7 Å². The Labute approximate surface area is 186 Å². The highest BCUT2D eigenvalue weighted by Gasteiger charge is 2.44. The Morgan fingerprint density at radius 3 is 2.78 bits per heavy atom. The molecule has 32 heavy (non-hydrogen) atoms. The number of halogens is 1. The average molecular weight is 463 g/mol. The minimum absolute atomic E-state index is 0.213. The summed E-state index contributed by atoms with van der Waals surface area (Å²) in [6.07, 6.45) is -1.03. The molecule has 1 aliphatic heterocycles. The second-order valence-corrected chi connectivity index (χ2v) is 8.24. The number of rotatable bonds is 7. The van der Waals surface area contributed by atoms with Gasteiger partial charge in [0.1, 0.15) is 29.9 Å². The molecule has 0 radical (unpaired) electrons. The van der Waals surface area contributed by atoms with E-state index in [0.717, 1.165) is 0 Å². The standard InChI is InChI=1S/C19H22FN7O4S/c20-10-1-3-11(4-2-10)26-19(30)22-5-6-32-7-12-14(28)15(29)18(31-12)27-9-25-13-16(21)23-8-24-17(13)27/h1-4,8-9,12,14-15,18,28-29H,5-7H2,(H2,21,23,24)(H2,22,26,30)/t12-,14-,15-,18-/m1/s1. The van der Waals surface area contributed by atoms with Crippen LogP contribution in [-0.2, 0) is 4.74 Å². The first-order valence-corrected chi connectivity index (χ1v) is 10.9. The minimum atomic E-state index is -1.17. The molecule has 13 heteroatoms. The Morgan fingerprint density at radius 2 is 2.00 bits per heavy atom. The second-order valence-electron chi connectivity index (χ2n) is 7.09. The van der Waals surface area contributed by atoms with Crippen LogP contribution in [0.2, 0.25) is 0 Å². The summed E-state index contributed by atoms with van der Waals surface area (Å²) in [6.45, 7) is 0.370. The summed E-state index contributed by atoms with van der Waals surface area (Å²) < 4.78 is 20.3. The third-order valence-corrected chi connectivity index (χ3v) is 5.97. The lowest BCUT2D eigenvalue weighted by Crippen LogP contribution is -2.33. The van der Waals surface area contributed by atoms with Crippen molar-refractivity contribution in [3.63, 3.8) is 0 Å². The van der Waals surface area contributed by atoms with Crippen LogP contribution < -0.4 is 16.4 Å². The van der Waals surface area contributed by atoms with E-state index >= 15 is 0 Å². The molecule has 0 aliphatic carbocycles. The summed E-state index contributed by atoms with van der Waals surface area (Å²) in [5, 5.41) is 26.2. The molecule has 1 aromatic carbocycles. The van der Waals surface area contributed by atoms with E-state index in [1.165, 1.54) is 53.2 Å². The van der Waals surface area contributed by atoms with Gasteiger partial charge >= 0.3 is 6.03 Å². The molecule has 0 saturated carbocycles. The van der Waals surface area contributed by atoms with Crippen molar-refractivity contribution >= 4 is 40.5 Å². The van der Waals surface area contributed by atoms with Crippen molar-refractivity contribution in [3.8, 4) is 0 Å². The predicted molar refractivity (Wildman–Crippen MR) is 116 cm³/mol. The fraction of sp³-hybridized carbons (Fsp3) is 0.368. The number of nitrogens with zero attached hydrogens (tertiary/aromatic N) is 4. The van der Waals surface area contributed by atoms with Gasteiger partial charge in [-0.1, -0.05) is 0 Å². The van der Waals surface area contributed by atoms with Crippen molar-refractivity contribution in [2.24, 2.45) is 0 Å². The number of benzene rings is 1. The molecule has 170 valence electrons. The van der Waals surface area contributed by atoms with Crippen LogP contribution in [-0.4, -0.2) is 72.1 Å². The van der Waals surface area contributed by atoms with Gasteiger partial charge in [-0.05, 0) is 24.3 Å². The topological polar surface area (TPSA) is 160 Å². The van der Waals surface area contributed by atoms with E-state index in [2.05, 4.69) is 25.6 Å². The van der Waals surface area contributed by atoms with Gasteiger partial charge in [-0.2, -0.15) is 11.8 Å². The summed E-state index contributed by atoms with van der Waals surface area (Å²) in [5.74, 6) is 0.793. The largest absolute Gasteiger partial charge is 0.387 e. The van der Waals surface area contributed by atoms with Crippen molar-refractivity contribution < 1.29 is 24.1 Å². The Bertz CT molecular complexity index is 1080. The van der Waals surface area contributed by atoms with Crippen molar-refractivity contribution in [3.05, 3.63) is 42.7 Å². The zero-order valence-corrected chi connectivity index (χ0v) is 17.6. The molecule has 6 N–H and O–H groups in total. The lowest BCUT2D eigenvalue weighted by Gasteiger charge is -2.16. The molecule has 1 fully saturated rings. The molecular weight excluding hydrogens is 441 g/mol. The number of anilines is 2. The molecule has 2 amide bonds. The van der Waals surface area contributed by atoms with Gasteiger partial charge in [0.2, 0.25) is 0 Å². The van der Waals surface area contributed by atoms with Gasteiger partial charge < -0.3 is 31.3 Å². The lowest BCUT2D eigenvalue weighted by molar-refractivity contribution is -0.0289. The van der Waals surface area contributed by atoms with Crippen LogP contribution in [0, 0.1) is 5.82 Å². The zero-order valence-electron chi connectivity index (χ0n) is 16.8. The molecule has 0 unspecified atom stereocenters. The number of carbonyl (C=O) groups excluding carboxylic acids is 1. The van der Waals surface area contributed by atoms with E-state index in [1.807, 2.05) is 0 Å². The first kappa shape index (κ1) is 22.2. The van der Waals surface area contributed by atoms with Crippen LogP contribution in [0.1, 0.15) is 6.23 Å². The maximum absolute atomic E-state index is 12.9. The zero-order chi connectivity index (χ0) is 22.7. The lowest BCUT2D eigenvalue weighted by atomic mass is 10.1. The molecule has 4 atom stereocenters. The first-order chi connectivity index (χ1) is 15.4. The van der Waals surface area contributed by atoms with Crippen LogP contribution in [0.3, 0.4) is 0 Å². The van der Waals surface area contributed by atoms with E-state index in [9.17, 15) is 19.4 Å². The Kier molecular flexibility index (Phi) is 6.69. The van der Waals surface area contributed by atoms with Crippen LogP contribution >= 0.6 is 11.8 Å². The Morgan fingerprint density at radius 1 is 1.22 bits per heavy atom. The van der Waals surface area contributed by atoms with Gasteiger partial charge in [-0.25, -0.2) is 24.1 Å². The minimum Gasteiger partial charge on any atom is -0.387 e. The molecule has 0 spiro atoms. The second kappa shape index (κ2) is 9.65. The van der Waals surface area contributed by atoms with Crippen molar-refractivity contribution in [1.82, 2.24) is 24.8 Å². The van der Waals surface area contributed by atoms with E-state index in [-0.39, 0.29) is 11.6 Å². The smallest absolute Gasteiger partial charge is 0.319 e. The number of ether oxygens (including phenoxy) is 1. The number of hydrogen-bond acceptors (Lipinski definition) is 9. The highest BCUT2D eigenvalue weighted by molar-refractivity contribution is 7.99. The monoisotopic (exact) mass is 463 g/mol. The van der Waals surface area contributed by atoms with Gasteiger partial charge in [-0.3, -0.25) is 4.57 Å². The number of urea groups is 1. The molecule has 2 aromatic heterocycles. The molecule has 1 saturated heterocycles. The number of nitrogens with one attached hydrogen (secondary N) is 2. The number of nitrogen functional groups attached to an aromatic ring is 1. The van der Waals surface area contributed by atoms with E-state index in [4.69, 9.17) is 10.5 Å². The SMILES string of the molecule is Nc1ncnc2c1ncn2[C@@H]1O[C@H](CSCCNC(=O)Nc2ccc(F)cc2)[C@@H](O)[C@H]1O. The summed E-state index contributed by atoms with van der Waals surface area (Å²) >= 11 is 1.45. The van der Waals surface area contributed by atoms with Crippen molar-refractivity contribution in [2.75, 3.05) is 29.1 Å². The Hall–Kier alpha value is -3.00.